The normalized spacial score (nSPS) is 11.5. The van der Waals surface area contributed by atoms with Gasteiger partial charge in [-0.2, -0.15) is 0 Å². The van der Waals surface area contributed by atoms with E-state index in [4.69, 9.17) is 4.74 Å². The first-order chi connectivity index (χ1) is 16.4. The van der Waals surface area contributed by atoms with Crippen LogP contribution in [0.4, 0.5) is 0 Å². The van der Waals surface area contributed by atoms with Crippen molar-refractivity contribution in [2.45, 2.75) is 25.9 Å². The molecule has 0 bridgehead atoms. The first kappa shape index (κ1) is 23.9. The molecule has 2 heterocycles. The summed E-state index contributed by atoms with van der Waals surface area (Å²) < 4.78 is 9.57. The number of methoxy groups -OCH3 is 1. The van der Waals surface area contributed by atoms with Gasteiger partial charge in [0.2, 0.25) is 8.32 Å². The third kappa shape index (κ3) is 4.41. The predicted octanol–water partition coefficient (Wildman–Crippen LogP) is 6.22. The summed E-state index contributed by atoms with van der Waals surface area (Å²) in [5.74, 6) is 0.887. The molecule has 5 aromatic rings. The summed E-state index contributed by atoms with van der Waals surface area (Å²) in [6.07, 6.45) is 0. The van der Waals surface area contributed by atoms with E-state index in [0.717, 1.165) is 23.2 Å². The highest BCUT2D eigenvalue weighted by molar-refractivity contribution is 6.85. The van der Waals surface area contributed by atoms with E-state index < -0.39 is 8.32 Å². The summed E-state index contributed by atoms with van der Waals surface area (Å²) in [5.41, 5.74) is 4.89. The van der Waals surface area contributed by atoms with Gasteiger partial charge >= 0.3 is 0 Å². The molecule has 0 aliphatic heterocycles. The van der Waals surface area contributed by atoms with Gasteiger partial charge in [0.1, 0.15) is 5.75 Å². The van der Waals surface area contributed by atoms with Crippen LogP contribution in [0.5, 0.6) is 5.75 Å². The van der Waals surface area contributed by atoms with Crippen LogP contribution in [0.3, 0.4) is 0 Å². The van der Waals surface area contributed by atoms with Gasteiger partial charge in [0.25, 0.3) is 0 Å². The van der Waals surface area contributed by atoms with Crippen LogP contribution in [0.2, 0.25) is 12.1 Å². The lowest BCUT2D eigenvalue weighted by Crippen LogP contribution is -2.49. The highest BCUT2D eigenvalue weighted by Gasteiger charge is 2.32. The summed E-state index contributed by atoms with van der Waals surface area (Å²) in [6.45, 7) is 4.18. The van der Waals surface area contributed by atoms with Crippen LogP contribution in [0, 0.1) is 0 Å². The molecule has 0 spiro atoms. The number of aromatic nitrogens is 2. The number of hydrogen-bond acceptors (Lipinski definition) is 2. The number of ether oxygens (including phenoxy) is 1. The van der Waals surface area contributed by atoms with Crippen LogP contribution in [0.1, 0.15) is 13.8 Å². The van der Waals surface area contributed by atoms with Gasteiger partial charge in [0.05, 0.1) is 7.11 Å². The smallest absolute Gasteiger partial charge is 0.236 e. The van der Waals surface area contributed by atoms with Crippen molar-refractivity contribution < 1.29 is 9.53 Å². The van der Waals surface area contributed by atoms with E-state index in [2.05, 4.69) is 97.7 Å². The molecule has 0 fully saturated rings. The summed E-state index contributed by atoms with van der Waals surface area (Å²) in [4.78, 5) is 10.7. The van der Waals surface area contributed by atoms with Gasteiger partial charge in [0, 0.05) is 41.5 Å². The van der Waals surface area contributed by atoms with E-state index in [1.54, 1.807) is 7.11 Å². The fraction of sp³-hybridized carbons (Fsp3) is 0.241. The van der Waals surface area contributed by atoms with Crippen LogP contribution in [0.15, 0.2) is 84.9 Å². The Labute approximate surface area is 203 Å². The highest BCUT2D eigenvalue weighted by Crippen LogP contribution is 2.28. The minimum atomic E-state index is -2.24. The van der Waals surface area contributed by atoms with Gasteiger partial charge in [-0.05, 0) is 71.6 Å². The molecule has 5 rings (SSSR count). The van der Waals surface area contributed by atoms with E-state index in [9.17, 15) is 4.80 Å². The number of fused-ring (bicyclic) bond motifs is 2. The molecule has 4 nitrogen and oxygen atoms in total. The molecule has 2 aromatic heterocycles. The fourth-order valence-electron chi connectivity index (χ4n) is 4.68. The third-order valence-electron chi connectivity index (χ3n) is 6.94. The van der Waals surface area contributed by atoms with Gasteiger partial charge < -0.3 is 18.7 Å². The first-order valence-electron chi connectivity index (χ1n) is 11.9. The zero-order valence-electron chi connectivity index (χ0n) is 20.7. The Balaban J connectivity index is 0.000000162. The molecule has 176 valence electrons. The van der Waals surface area contributed by atoms with Crippen molar-refractivity contribution in [2.75, 3.05) is 7.11 Å². The molecule has 0 amide bonds. The van der Waals surface area contributed by atoms with Crippen LogP contribution in [-0.2, 0) is 14.1 Å². The molecule has 3 aromatic carbocycles. The topological polar surface area (TPSA) is 39.3 Å². The lowest BCUT2D eigenvalue weighted by molar-refractivity contribution is 0.415. The molecule has 34 heavy (non-hydrogen) atoms. The Morgan fingerprint density at radius 1 is 0.735 bits per heavy atom. The van der Waals surface area contributed by atoms with Crippen molar-refractivity contribution in [1.29, 1.82) is 0 Å². The molecule has 0 saturated carbocycles. The molecular formula is C29H34N2O2Si. The van der Waals surface area contributed by atoms with E-state index >= 15 is 0 Å². The number of hydrogen-bond donors (Lipinski definition) is 1. The second-order valence-corrected chi connectivity index (χ2v) is 12.8. The second-order valence-electron chi connectivity index (χ2n) is 8.76. The highest BCUT2D eigenvalue weighted by atomic mass is 28.4. The zero-order chi connectivity index (χ0) is 24.3. The minimum absolute atomic E-state index is 0.883. The molecule has 0 saturated heterocycles. The average molecular weight is 471 g/mol. The van der Waals surface area contributed by atoms with E-state index in [1.807, 2.05) is 24.3 Å². The maximum Gasteiger partial charge on any atom is 0.236 e. The maximum absolute atomic E-state index is 10.7. The number of rotatable bonds is 5. The number of benzene rings is 3. The second kappa shape index (κ2) is 9.91. The summed E-state index contributed by atoms with van der Waals surface area (Å²) in [7, 11) is 3.60. The number of para-hydroxylation sites is 2. The van der Waals surface area contributed by atoms with Crippen molar-refractivity contribution in [3.8, 4) is 17.0 Å². The van der Waals surface area contributed by atoms with E-state index in [-0.39, 0.29) is 0 Å². The van der Waals surface area contributed by atoms with Crippen LogP contribution < -0.4 is 10.1 Å². The SMILES string of the molecule is CC[Si](O)(CC)c1cc2ccccc2n1C.COc1ccc(-c2cc3ccccc3n2C)cc1. The third-order valence-corrected chi connectivity index (χ3v) is 10.7. The van der Waals surface area contributed by atoms with Crippen molar-refractivity contribution in [1.82, 2.24) is 9.13 Å². The van der Waals surface area contributed by atoms with Crippen molar-refractivity contribution in [3.63, 3.8) is 0 Å². The molecule has 0 unspecified atom stereocenters. The number of aryl methyl sites for hydroxylation is 2. The summed E-state index contributed by atoms with van der Waals surface area (Å²) in [5, 5.41) is 3.65. The van der Waals surface area contributed by atoms with Gasteiger partial charge in [0.15, 0.2) is 0 Å². The van der Waals surface area contributed by atoms with Gasteiger partial charge in [-0.25, -0.2) is 0 Å². The Kier molecular flexibility index (Phi) is 6.96. The lowest BCUT2D eigenvalue weighted by Gasteiger charge is -2.22. The summed E-state index contributed by atoms with van der Waals surface area (Å²) >= 11 is 0. The standard InChI is InChI=1S/C16H15NO.C13H19NOSi/c1-17-15-6-4-3-5-13(15)11-16(17)12-7-9-14(18-2)10-8-12;1-4-16(15,5-2)13-10-11-8-6-7-9-12(11)14(13)3/h3-11H,1-2H3;6-10,15H,4-5H2,1-3H3. The predicted molar refractivity (Wildman–Crippen MR) is 146 cm³/mol. The molecule has 5 heteroatoms. The van der Waals surface area contributed by atoms with Crippen molar-refractivity contribution >= 4 is 35.4 Å². The molecule has 0 aliphatic rings. The largest absolute Gasteiger partial charge is 0.497 e. The Hall–Kier alpha value is -3.28. The first-order valence-corrected chi connectivity index (χ1v) is 14.2. The average Bonchev–Trinajstić information content (AvgIpc) is 3.41. The Bertz CT molecular complexity index is 1400. The van der Waals surface area contributed by atoms with Gasteiger partial charge in [-0.3, -0.25) is 0 Å². The minimum Gasteiger partial charge on any atom is -0.497 e. The van der Waals surface area contributed by atoms with Crippen molar-refractivity contribution in [2.24, 2.45) is 14.1 Å². The quantitative estimate of drug-likeness (QED) is 0.310. The van der Waals surface area contributed by atoms with E-state index in [1.165, 1.54) is 33.1 Å². The molecule has 1 N–H and O–H groups in total. The van der Waals surface area contributed by atoms with Gasteiger partial charge in [-0.1, -0.05) is 50.2 Å². The summed E-state index contributed by atoms with van der Waals surface area (Å²) in [6, 6.07) is 31.0. The Morgan fingerprint density at radius 3 is 1.76 bits per heavy atom. The zero-order valence-corrected chi connectivity index (χ0v) is 21.7. The Morgan fingerprint density at radius 2 is 1.26 bits per heavy atom. The number of nitrogens with zero attached hydrogens (tertiary/aromatic N) is 2. The maximum atomic E-state index is 10.7. The van der Waals surface area contributed by atoms with Crippen LogP contribution in [0.25, 0.3) is 33.1 Å². The molecule has 0 aliphatic carbocycles. The lowest BCUT2D eigenvalue weighted by atomic mass is 10.1. The molecule has 0 atom stereocenters. The fourth-order valence-corrected chi connectivity index (χ4v) is 7.07. The van der Waals surface area contributed by atoms with Crippen molar-refractivity contribution in [3.05, 3.63) is 84.9 Å². The monoisotopic (exact) mass is 470 g/mol. The van der Waals surface area contributed by atoms with Crippen LogP contribution >= 0.6 is 0 Å². The van der Waals surface area contributed by atoms with E-state index in [0.29, 0.717) is 0 Å². The molecular weight excluding hydrogens is 436 g/mol. The van der Waals surface area contributed by atoms with Gasteiger partial charge in [-0.15, -0.1) is 0 Å². The van der Waals surface area contributed by atoms with Crippen LogP contribution in [-0.4, -0.2) is 29.4 Å². The molecule has 0 radical (unpaired) electrons.